The summed E-state index contributed by atoms with van der Waals surface area (Å²) in [7, 11) is 3.39. The lowest BCUT2D eigenvalue weighted by Gasteiger charge is -2.17. The maximum absolute atomic E-state index is 6.41. The van der Waals surface area contributed by atoms with Crippen LogP contribution in [-0.2, 0) is 11.2 Å². The Morgan fingerprint density at radius 2 is 1.76 bits per heavy atom. The van der Waals surface area contributed by atoms with E-state index in [9.17, 15) is 0 Å². The van der Waals surface area contributed by atoms with E-state index < -0.39 is 0 Å². The summed E-state index contributed by atoms with van der Waals surface area (Å²) in [6.07, 6.45) is 0.916. The fourth-order valence-corrected chi connectivity index (χ4v) is 2.39. The molecule has 0 fully saturated rings. The zero-order chi connectivity index (χ0) is 15.2. The van der Waals surface area contributed by atoms with E-state index in [2.05, 4.69) is 37.3 Å². The van der Waals surface area contributed by atoms with Gasteiger partial charge in [0.25, 0.3) is 0 Å². The van der Waals surface area contributed by atoms with Crippen molar-refractivity contribution in [3.05, 3.63) is 64.7 Å². The fourth-order valence-electron chi connectivity index (χ4n) is 2.39. The molecule has 0 saturated carbocycles. The quantitative estimate of drug-likeness (QED) is 0.886. The van der Waals surface area contributed by atoms with Crippen LogP contribution in [0.1, 0.15) is 28.3 Å². The largest absolute Gasteiger partial charge is 0.496 e. The molecule has 0 aromatic heterocycles. The van der Waals surface area contributed by atoms with Gasteiger partial charge in [-0.25, -0.2) is 0 Å². The van der Waals surface area contributed by atoms with Gasteiger partial charge in [-0.05, 0) is 30.5 Å². The second-order valence-electron chi connectivity index (χ2n) is 5.21. The zero-order valence-corrected chi connectivity index (χ0v) is 12.9. The Hall–Kier alpha value is -1.84. The van der Waals surface area contributed by atoms with E-state index in [4.69, 9.17) is 15.2 Å². The maximum atomic E-state index is 6.41. The van der Waals surface area contributed by atoms with Crippen molar-refractivity contribution < 1.29 is 9.47 Å². The first-order valence-corrected chi connectivity index (χ1v) is 7.13. The standard InChI is InChI=1S/C18H23NO2/c1-13-4-9-17(21-3)16(12-13)18(19)15-7-5-14(6-8-15)10-11-20-2/h4-9,12,18H,10-11,19H2,1-3H3. The highest BCUT2D eigenvalue weighted by Crippen LogP contribution is 2.29. The summed E-state index contributed by atoms with van der Waals surface area (Å²) in [5.74, 6) is 0.830. The number of benzene rings is 2. The van der Waals surface area contributed by atoms with Crippen molar-refractivity contribution in [2.75, 3.05) is 20.8 Å². The molecular formula is C18H23NO2. The van der Waals surface area contributed by atoms with E-state index in [0.29, 0.717) is 0 Å². The summed E-state index contributed by atoms with van der Waals surface area (Å²) >= 11 is 0. The van der Waals surface area contributed by atoms with Gasteiger partial charge in [-0.15, -0.1) is 0 Å². The highest BCUT2D eigenvalue weighted by Gasteiger charge is 2.14. The lowest BCUT2D eigenvalue weighted by atomic mass is 9.96. The predicted octanol–water partition coefficient (Wildman–Crippen LogP) is 3.24. The highest BCUT2D eigenvalue weighted by molar-refractivity contribution is 5.43. The van der Waals surface area contributed by atoms with Crippen LogP contribution in [0.15, 0.2) is 42.5 Å². The first-order chi connectivity index (χ1) is 10.2. The number of aryl methyl sites for hydroxylation is 1. The second-order valence-corrected chi connectivity index (χ2v) is 5.21. The Morgan fingerprint density at radius 1 is 1.05 bits per heavy atom. The molecule has 0 saturated heterocycles. The highest BCUT2D eigenvalue weighted by atomic mass is 16.5. The molecular weight excluding hydrogens is 262 g/mol. The van der Waals surface area contributed by atoms with Crippen molar-refractivity contribution in [1.29, 1.82) is 0 Å². The van der Waals surface area contributed by atoms with Gasteiger partial charge < -0.3 is 15.2 Å². The lowest BCUT2D eigenvalue weighted by Crippen LogP contribution is -2.13. The van der Waals surface area contributed by atoms with Crippen LogP contribution in [0.4, 0.5) is 0 Å². The van der Waals surface area contributed by atoms with E-state index in [0.717, 1.165) is 29.9 Å². The van der Waals surface area contributed by atoms with Crippen LogP contribution in [-0.4, -0.2) is 20.8 Å². The topological polar surface area (TPSA) is 44.5 Å². The smallest absolute Gasteiger partial charge is 0.123 e. The molecule has 0 heterocycles. The molecule has 3 nitrogen and oxygen atoms in total. The summed E-state index contributed by atoms with van der Waals surface area (Å²) < 4.78 is 10.5. The molecule has 1 unspecified atom stereocenters. The van der Waals surface area contributed by atoms with Crippen LogP contribution in [0.3, 0.4) is 0 Å². The van der Waals surface area contributed by atoms with E-state index in [1.807, 2.05) is 12.1 Å². The molecule has 0 radical (unpaired) electrons. The molecule has 2 N–H and O–H groups in total. The number of hydrogen-bond donors (Lipinski definition) is 1. The second kappa shape index (κ2) is 7.25. The van der Waals surface area contributed by atoms with Crippen LogP contribution in [0.5, 0.6) is 5.75 Å². The average Bonchev–Trinajstić information content (AvgIpc) is 2.52. The van der Waals surface area contributed by atoms with E-state index in [1.54, 1.807) is 14.2 Å². The van der Waals surface area contributed by atoms with Crippen LogP contribution in [0.25, 0.3) is 0 Å². The molecule has 2 rings (SSSR count). The molecule has 21 heavy (non-hydrogen) atoms. The summed E-state index contributed by atoms with van der Waals surface area (Å²) in [6, 6.07) is 14.3. The van der Waals surface area contributed by atoms with Crippen molar-refractivity contribution in [2.24, 2.45) is 5.73 Å². The monoisotopic (exact) mass is 285 g/mol. The van der Waals surface area contributed by atoms with Crippen LogP contribution >= 0.6 is 0 Å². The minimum atomic E-state index is -0.184. The van der Waals surface area contributed by atoms with Gasteiger partial charge in [0.15, 0.2) is 0 Å². The summed E-state index contributed by atoms with van der Waals surface area (Å²) in [6.45, 7) is 2.79. The third kappa shape index (κ3) is 3.84. The Labute approximate surface area is 126 Å². The van der Waals surface area contributed by atoms with Crippen molar-refractivity contribution in [3.8, 4) is 5.75 Å². The molecule has 2 aromatic rings. The molecule has 2 aromatic carbocycles. The van der Waals surface area contributed by atoms with Gasteiger partial charge in [0, 0.05) is 12.7 Å². The van der Waals surface area contributed by atoms with Crippen LogP contribution < -0.4 is 10.5 Å². The van der Waals surface area contributed by atoms with Crippen LogP contribution in [0.2, 0.25) is 0 Å². The third-order valence-corrected chi connectivity index (χ3v) is 3.65. The molecule has 1 atom stereocenters. The van der Waals surface area contributed by atoms with Gasteiger partial charge in [0.1, 0.15) is 5.75 Å². The minimum absolute atomic E-state index is 0.184. The van der Waals surface area contributed by atoms with Gasteiger partial charge in [-0.3, -0.25) is 0 Å². The Balaban J connectivity index is 2.23. The molecule has 0 bridgehead atoms. The summed E-state index contributed by atoms with van der Waals surface area (Å²) in [5, 5.41) is 0. The fraction of sp³-hybridized carbons (Fsp3) is 0.333. The summed E-state index contributed by atoms with van der Waals surface area (Å²) in [5.41, 5.74) is 10.9. The minimum Gasteiger partial charge on any atom is -0.496 e. The Morgan fingerprint density at radius 3 is 2.38 bits per heavy atom. The number of ether oxygens (including phenoxy) is 2. The first kappa shape index (κ1) is 15.5. The van der Waals surface area contributed by atoms with Gasteiger partial charge in [-0.1, -0.05) is 42.0 Å². The van der Waals surface area contributed by atoms with Gasteiger partial charge in [0.2, 0.25) is 0 Å². The van der Waals surface area contributed by atoms with Crippen molar-refractivity contribution in [1.82, 2.24) is 0 Å². The molecule has 3 heteroatoms. The van der Waals surface area contributed by atoms with Crippen molar-refractivity contribution >= 4 is 0 Å². The third-order valence-electron chi connectivity index (χ3n) is 3.65. The SMILES string of the molecule is COCCc1ccc(C(N)c2cc(C)ccc2OC)cc1. The van der Waals surface area contributed by atoms with E-state index >= 15 is 0 Å². The van der Waals surface area contributed by atoms with Crippen molar-refractivity contribution in [3.63, 3.8) is 0 Å². The molecule has 0 amide bonds. The van der Waals surface area contributed by atoms with Crippen LogP contribution in [0, 0.1) is 6.92 Å². The summed E-state index contributed by atoms with van der Waals surface area (Å²) in [4.78, 5) is 0. The number of nitrogens with two attached hydrogens (primary N) is 1. The first-order valence-electron chi connectivity index (χ1n) is 7.13. The zero-order valence-electron chi connectivity index (χ0n) is 12.9. The molecule has 0 aliphatic rings. The normalized spacial score (nSPS) is 12.2. The van der Waals surface area contributed by atoms with Gasteiger partial charge in [-0.2, -0.15) is 0 Å². The van der Waals surface area contributed by atoms with E-state index in [1.165, 1.54) is 11.1 Å². The Bertz CT molecular complexity index is 578. The lowest BCUT2D eigenvalue weighted by molar-refractivity contribution is 0.202. The maximum Gasteiger partial charge on any atom is 0.123 e. The molecule has 112 valence electrons. The van der Waals surface area contributed by atoms with Crippen molar-refractivity contribution in [2.45, 2.75) is 19.4 Å². The number of rotatable bonds is 6. The number of hydrogen-bond acceptors (Lipinski definition) is 3. The Kier molecular flexibility index (Phi) is 5.37. The van der Waals surface area contributed by atoms with E-state index in [-0.39, 0.29) is 6.04 Å². The average molecular weight is 285 g/mol. The molecule has 0 spiro atoms. The molecule has 0 aliphatic heterocycles. The van der Waals surface area contributed by atoms with Gasteiger partial charge in [0.05, 0.1) is 19.8 Å². The predicted molar refractivity (Wildman–Crippen MR) is 85.8 cm³/mol. The molecule has 0 aliphatic carbocycles. The number of methoxy groups -OCH3 is 2. The van der Waals surface area contributed by atoms with Gasteiger partial charge >= 0.3 is 0 Å².